The molecule has 0 saturated heterocycles. The highest BCUT2D eigenvalue weighted by Crippen LogP contribution is 2.34. The van der Waals surface area contributed by atoms with E-state index in [0.717, 1.165) is 5.69 Å². The molecule has 1 unspecified atom stereocenters. The molecule has 4 nitrogen and oxygen atoms in total. The maximum absolute atomic E-state index is 10.7. The lowest BCUT2D eigenvalue weighted by Gasteiger charge is -2.24. The second-order valence-electron chi connectivity index (χ2n) is 4.47. The second kappa shape index (κ2) is 4.60. The van der Waals surface area contributed by atoms with Crippen molar-refractivity contribution < 1.29 is 9.90 Å². The standard InChI is InChI=1S/C12H16N2O2/c1-8(12(15)16)7-11-13-6-5-10(14-11)9-3-2-4-9/h5-6,8-9H,2-4,7H2,1H3,(H,15,16). The first-order valence-corrected chi connectivity index (χ1v) is 5.71. The highest BCUT2D eigenvalue weighted by Gasteiger charge is 2.21. The summed E-state index contributed by atoms with van der Waals surface area (Å²) in [6.07, 6.45) is 5.83. The summed E-state index contributed by atoms with van der Waals surface area (Å²) in [6.45, 7) is 1.68. The lowest BCUT2D eigenvalue weighted by Crippen LogP contribution is -2.16. The van der Waals surface area contributed by atoms with E-state index in [1.165, 1.54) is 19.3 Å². The fraction of sp³-hybridized carbons (Fsp3) is 0.583. The van der Waals surface area contributed by atoms with E-state index in [1.54, 1.807) is 13.1 Å². The van der Waals surface area contributed by atoms with Crippen LogP contribution in [-0.4, -0.2) is 21.0 Å². The van der Waals surface area contributed by atoms with E-state index < -0.39 is 11.9 Å². The quantitative estimate of drug-likeness (QED) is 0.843. The molecule has 1 saturated carbocycles. The summed E-state index contributed by atoms with van der Waals surface area (Å²) < 4.78 is 0. The molecule has 0 spiro atoms. The zero-order valence-electron chi connectivity index (χ0n) is 9.39. The van der Waals surface area contributed by atoms with E-state index in [2.05, 4.69) is 9.97 Å². The van der Waals surface area contributed by atoms with Crippen molar-refractivity contribution >= 4 is 5.97 Å². The van der Waals surface area contributed by atoms with Crippen molar-refractivity contribution in [2.45, 2.75) is 38.5 Å². The zero-order valence-corrected chi connectivity index (χ0v) is 9.39. The molecular formula is C12H16N2O2. The SMILES string of the molecule is CC(Cc1nccc(C2CCC2)n1)C(=O)O. The fourth-order valence-corrected chi connectivity index (χ4v) is 1.81. The summed E-state index contributed by atoms with van der Waals surface area (Å²) in [6, 6.07) is 1.94. The van der Waals surface area contributed by atoms with Gasteiger partial charge in [-0.25, -0.2) is 9.97 Å². The Hall–Kier alpha value is -1.45. The molecular weight excluding hydrogens is 204 g/mol. The summed E-state index contributed by atoms with van der Waals surface area (Å²) in [5, 5.41) is 8.82. The summed E-state index contributed by atoms with van der Waals surface area (Å²) >= 11 is 0. The molecule has 1 N–H and O–H groups in total. The van der Waals surface area contributed by atoms with Gasteiger partial charge in [-0.1, -0.05) is 13.3 Å². The molecule has 1 heterocycles. The van der Waals surface area contributed by atoms with Crippen LogP contribution in [0.4, 0.5) is 0 Å². The molecule has 2 rings (SSSR count). The summed E-state index contributed by atoms with van der Waals surface area (Å²) in [4.78, 5) is 19.3. The third-order valence-electron chi connectivity index (χ3n) is 3.16. The number of carboxylic acid groups (broad SMARTS) is 1. The van der Waals surface area contributed by atoms with Crippen molar-refractivity contribution in [2.24, 2.45) is 5.92 Å². The predicted octanol–water partition coefficient (Wildman–Crippen LogP) is 2.01. The number of carbonyl (C=O) groups is 1. The maximum Gasteiger partial charge on any atom is 0.306 e. The first-order chi connectivity index (χ1) is 7.66. The van der Waals surface area contributed by atoms with Crippen LogP contribution in [-0.2, 0) is 11.2 Å². The average molecular weight is 220 g/mol. The van der Waals surface area contributed by atoms with Crippen LogP contribution in [0.2, 0.25) is 0 Å². The van der Waals surface area contributed by atoms with Gasteiger partial charge in [0, 0.05) is 24.2 Å². The lowest BCUT2D eigenvalue weighted by atomic mass is 9.83. The average Bonchev–Trinajstić information content (AvgIpc) is 2.15. The van der Waals surface area contributed by atoms with Crippen molar-refractivity contribution in [1.82, 2.24) is 9.97 Å². The summed E-state index contributed by atoms with van der Waals surface area (Å²) in [5.74, 6) is 0.00970. The number of nitrogens with zero attached hydrogens (tertiary/aromatic N) is 2. The van der Waals surface area contributed by atoms with Crippen molar-refractivity contribution in [3.8, 4) is 0 Å². The van der Waals surface area contributed by atoms with E-state index in [9.17, 15) is 4.79 Å². The topological polar surface area (TPSA) is 63.1 Å². The predicted molar refractivity (Wildman–Crippen MR) is 59.1 cm³/mol. The number of aliphatic carboxylic acids is 1. The molecule has 1 aliphatic carbocycles. The van der Waals surface area contributed by atoms with Gasteiger partial charge in [0.2, 0.25) is 0 Å². The van der Waals surface area contributed by atoms with Gasteiger partial charge in [0.1, 0.15) is 5.82 Å². The molecule has 86 valence electrons. The molecule has 1 aromatic rings. The zero-order chi connectivity index (χ0) is 11.5. The van der Waals surface area contributed by atoms with Crippen LogP contribution < -0.4 is 0 Å². The molecule has 1 fully saturated rings. The summed E-state index contributed by atoms with van der Waals surface area (Å²) in [5.41, 5.74) is 1.08. The largest absolute Gasteiger partial charge is 0.481 e. The lowest BCUT2D eigenvalue weighted by molar-refractivity contribution is -0.141. The monoisotopic (exact) mass is 220 g/mol. The summed E-state index contributed by atoms with van der Waals surface area (Å²) in [7, 11) is 0. The normalized spacial score (nSPS) is 17.8. The third-order valence-corrected chi connectivity index (χ3v) is 3.16. The van der Waals surface area contributed by atoms with Gasteiger partial charge in [0.25, 0.3) is 0 Å². The van der Waals surface area contributed by atoms with Gasteiger partial charge in [-0.3, -0.25) is 4.79 Å². The van der Waals surface area contributed by atoms with Crippen molar-refractivity contribution in [3.05, 3.63) is 23.8 Å². The molecule has 0 radical (unpaired) electrons. The van der Waals surface area contributed by atoms with Gasteiger partial charge in [0.05, 0.1) is 5.92 Å². The van der Waals surface area contributed by atoms with Gasteiger partial charge in [0.15, 0.2) is 0 Å². The number of rotatable bonds is 4. The van der Waals surface area contributed by atoms with Crippen LogP contribution >= 0.6 is 0 Å². The Balaban J connectivity index is 2.06. The Bertz CT molecular complexity index is 388. The smallest absolute Gasteiger partial charge is 0.306 e. The van der Waals surface area contributed by atoms with Crippen LogP contribution in [0.5, 0.6) is 0 Å². The number of aromatic nitrogens is 2. The molecule has 16 heavy (non-hydrogen) atoms. The molecule has 1 aromatic heterocycles. The molecule has 4 heteroatoms. The highest BCUT2D eigenvalue weighted by atomic mass is 16.4. The Morgan fingerprint density at radius 1 is 1.62 bits per heavy atom. The van der Waals surface area contributed by atoms with Crippen LogP contribution in [0.1, 0.15) is 43.6 Å². The van der Waals surface area contributed by atoms with Gasteiger partial charge in [-0.2, -0.15) is 0 Å². The van der Waals surface area contributed by atoms with Gasteiger partial charge in [-0.15, -0.1) is 0 Å². The molecule has 1 aliphatic rings. The Morgan fingerprint density at radius 2 is 2.38 bits per heavy atom. The minimum atomic E-state index is -0.794. The first-order valence-electron chi connectivity index (χ1n) is 5.71. The molecule has 0 aromatic carbocycles. The molecule has 1 atom stereocenters. The van der Waals surface area contributed by atoms with Crippen molar-refractivity contribution in [1.29, 1.82) is 0 Å². The maximum atomic E-state index is 10.7. The van der Waals surface area contributed by atoms with Gasteiger partial charge in [-0.05, 0) is 18.9 Å². The van der Waals surface area contributed by atoms with Crippen LogP contribution in [0.3, 0.4) is 0 Å². The minimum absolute atomic E-state index is 0.413. The Labute approximate surface area is 94.7 Å². The van der Waals surface area contributed by atoms with Gasteiger partial charge < -0.3 is 5.11 Å². The van der Waals surface area contributed by atoms with E-state index in [0.29, 0.717) is 18.2 Å². The van der Waals surface area contributed by atoms with E-state index >= 15 is 0 Å². The fourth-order valence-electron chi connectivity index (χ4n) is 1.81. The first kappa shape index (κ1) is 11.0. The molecule has 0 bridgehead atoms. The number of carboxylic acids is 1. The Kier molecular flexibility index (Phi) is 3.17. The number of hydrogen-bond donors (Lipinski definition) is 1. The van der Waals surface area contributed by atoms with Crippen molar-refractivity contribution in [3.63, 3.8) is 0 Å². The minimum Gasteiger partial charge on any atom is -0.481 e. The van der Waals surface area contributed by atoms with Crippen LogP contribution in [0.15, 0.2) is 12.3 Å². The Morgan fingerprint density at radius 3 is 2.94 bits per heavy atom. The highest BCUT2D eigenvalue weighted by molar-refractivity contribution is 5.69. The molecule has 0 amide bonds. The van der Waals surface area contributed by atoms with E-state index in [4.69, 9.17) is 5.11 Å². The van der Waals surface area contributed by atoms with Gasteiger partial charge >= 0.3 is 5.97 Å². The number of hydrogen-bond acceptors (Lipinski definition) is 3. The van der Waals surface area contributed by atoms with E-state index in [1.807, 2.05) is 6.07 Å². The third kappa shape index (κ3) is 2.38. The molecule has 0 aliphatic heterocycles. The second-order valence-corrected chi connectivity index (χ2v) is 4.47. The van der Waals surface area contributed by atoms with Crippen LogP contribution in [0, 0.1) is 5.92 Å². The van der Waals surface area contributed by atoms with Crippen LogP contribution in [0.25, 0.3) is 0 Å². The van der Waals surface area contributed by atoms with E-state index in [-0.39, 0.29) is 0 Å². The van der Waals surface area contributed by atoms with Crippen molar-refractivity contribution in [2.75, 3.05) is 0 Å².